The third-order valence-corrected chi connectivity index (χ3v) is 4.56. The van der Waals surface area contributed by atoms with Crippen LogP contribution in [0, 0.1) is 17.6 Å². The lowest BCUT2D eigenvalue weighted by molar-refractivity contribution is -0.148. The van der Waals surface area contributed by atoms with Crippen LogP contribution in [-0.4, -0.2) is 30.0 Å². The molecule has 0 aromatic heterocycles. The van der Waals surface area contributed by atoms with Gasteiger partial charge < -0.3 is 15.2 Å². The molecule has 0 radical (unpaired) electrons. The van der Waals surface area contributed by atoms with Gasteiger partial charge in [-0.15, -0.1) is 0 Å². The van der Waals surface area contributed by atoms with Crippen LogP contribution < -0.4 is 5.32 Å². The molecular formula is C15H19F2NO2. The van der Waals surface area contributed by atoms with E-state index in [2.05, 4.69) is 5.32 Å². The molecule has 1 aromatic rings. The maximum absolute atomic E-state index is 13.3. The first-order valence-corrected chi connectivity index (χ1v) is 7.11. The second-order valence-corrected chi connectivity index (χ2v) is 5.79. The third-order valence-electron chi connectivity index (χ3n) is 4.56. The molecule has 110 valence electrons. The summed E-state index contributed by atoms with van der Waals surface area (Å²) in [6.07, 6.45) is 3.67. The third kappa shape index (κ3) is 2.40. The molecule has 3 unspecified atom stereocenters. The Bertz CT molecular complexity index is 495. The summed E-state index contributed by atoms with van der Waals surface area (Å²) in [6, 6.07) is 3.53. The predicted molar refractivity (Wildman–Crippen MR) is 71.5 cm³/mol. The first-order valence-electron chi connectivity index (χ1n) is 7.11. The highest BCUT2D eigenvalue weighted by Gasteiger charge is 2.48. The lowest BCUT2D eigenvalue weighted by Crippen LogP contribution is -2.60. The van der Waals surface area contributed by atoms with E-state index in [9.17, 15) is 13.9 Å². The maximum Gasteiger partial charge on any atom is 0.160 e. The van der Waals surface area contributed by atoms with Crippen molar-refractivity contribution in [1.29, 1.82) is 0 Å². The van der Waals surface area contributed by atoms with Crippen molar-refractivity contribution in [1.82, 2.24) is 0 Å². The Morgan fingerprint density at radius 1 is 1.20 bits per heavy atom. The summed E-state index contributed by atoms with van der Waals surface area (Å²) in [4.78, 5) is 0. The van der Waals surface area contributed by atoms with Crippen LogP contribution in [0.2, 0.25) is 0 Å². The van der Waals surface area contributed by atoms with Gasteiger partial charge in [0.15, 0.2) is 11.6 Å². The molecule has 3 nitrogen and oxygen atoms in total. The predicted octanol–water partition coefficient (Wildman–Crippen LogP) is 2.70. The number of rotatable bonds is 2. The fourth-order valence-corrected chi connectivity index (χ4v) is 3.41. The fraction of sp³-hybridized carbons (Fsp3) is 0.600. The van der Waals surface area contributed by atoms with Crippen LogP contribution >= 0.6 is 0 Å². The minimum absolute atomic E-state index is 0.189. The van der Waals surface area contributed by atoms with Crippen molar-refractivity contribution in [2.24, 2.45) is 5.92 Å². The number of anilines is 1. The molecule has 5 heteroatoms. The Morgan fingerprint density at radius 3 is 2.85 bits per heavy atom. The number of halogens is 2. The van der Waals surface area contributed by atoms with Crippen molar-refractivity contribution >= 4 is 5.69 Å². The van der Waals surface area contributed by atoms with E-state index in [1.807, 2.05) is 0 Å². The van der Waals surface area contributed by atoms with Crippen molar-refractivity contribution in [3.05, 3.63) is 29.8 Å². The van der Waals surface area contributed by atoms with E-state index in [1.54, 1.807) is 0 Å². The van der Waals surface area contributed by atoms with Crippen LogP contribution in [0.5, 0.6) is 0 Å². The molecule has 2 fully saturated rings. The van der Waals surface area contributed by atoms with Gasteiger partial charge in [-0.1, -0.05) is 6.42 Å². The van der Waals surface area contributed by atoms with Gasteiger partial charge in [-0.05, 0) is 37.3 Å². The monoisotopic (exact) mass is 283 g/mol. The molecule has 2 aliphatic rings. The highest BCUT2D eigenvalue weighted by Crippen LogP contribution is 2.40. The maximum atomic E-state index is 13.3. The molecule has 0 spiro atoms. The van der Waals surface area contributed by atoms with Gasteiger partial charge >= 0.3 is 0 Å². The van der Waals surface area contributed by atoms with Gasteiger partial charge in [0.2, 0.25) is 0 Å². The lowest BCUT2D eigenvalue weighted by Gasteiger charge is -2.48. The molecule has 1 aliphatic heterocycles. The Kier molecular flexibility index (Phi) is 3.65. The molecule has 1 heterocycles. The van der Waals surface area contributed by atoms with Gasteiger partial charge in [-0.2, -0.15) is 0 Å². The molecule has 1 aromatic carbocycles. The second-order valence-electron chi connectivity index (χ2n) is 5.79. The Labute approximate surface area is 116 Å². The summed E-state index contributed by atoms with van der Waals surface area (Å²) in [5.41, 5.74) is -0.421. The van der Waals surface area contributed by atoms with Crippen LogP contribution in [0.4, 0.5) is 14.5 Å². The Morgan fingerprint density at radius 2 is 2.05 bits per heavy atom. The number of hydrogen-bond acceptors (Lipinski definition) is 3. The molecule has 20 heavy (non-hydrogen) atoms. The SMILES string of the molecule is OC12COCCC1CCCC2Nc1ccc(F)c(F)c1. The van der Waals surface area contributed by atoms with Crippen molar-refractivity contribution in [2.45, 2.75) is 37.3 Å². The summed E-state index contributed by atoms with van der Waals surface area (Å²) in [7, 11) is 0. The second kappa shape index (κ2) is 5.30. The van der Waals surface area contributed by atoms with E-state index >= 15 is 0 Å². The molecule has 0 bridgehead atoms. The number of fused-ring (bicyclic) bond motifs is 1. The minimum Gasteiger partial charge on any atom is -0.385 e. The van der Waals surface area contributed by atoms with Crippen molar-refractivity contribution in [2.75, 3.05) is 18.5 Å². The quantitative estimate of drug-likeness (QED) is 0.877. The molecule has 2 N–H and O–H groups in total. The van der Waals surface area contributed by atoms with Gasteiger partial charge in [0.25, 0.3) is 0 Å². The smallest absolute Gasteiger partial charge is 0.160 e. The first-order chi connectivity index (χ1) is 9.59. The van der Waals surface area contributed by atoms with Crippen molar-refractivity contribution < 1.29 is 18.6 Å². The normalized spacial score (nSPS) is 33.5. The highest BCUT2D eigenvalue weighted by atomic mass is 19.2. The topological polar surface area (TPSA) is 41.5 Å². The van der Waals surface area contributed by atoms with Crippen LogP contribution in [-0.2, 0) is 4.74 Å². The standard InChI is InChI=1S/C15H19F2NO2/c16-12-5-4-11(8-13(12)17)18-14-3-1-2-10-6-7-20-9-15(10,14)19/h4-5,8,10,14,18-19H,1-3,6-7,9H2. The number of nitrogens with one attached hydrogen (secondary N) is 1. The Hall–Kier alpha value is -1.20. The van der Waals surface area contributed by atoms with Crippen LogP contribution in [0.25, 0.3) is 0 Å². The van der Waals surface area contributed by atoms with Gasteiger partial charge in [0.05, 0.1) is 12.6 Å². The van der Waals surface area contributed by atoms with E-state index in [4.69, 9.17) is 4.74 Å². The fourth-order valence-electron chi connectivity index (χ4n) is 3.41. The average molecular weight is 283 g/mol. The number of aliphatic hydroxyl groups is 1. The number of benzene rings is 1. The van der Waals surface area contributed by atoms with Gasteiger partial charge in [-0.3, -0.25) is 0 Å². The van der Waals surface area contributed by atoms with Gasteiger partial charge in [-0.25, -0.2) is 8.78 Å². The van der Waals surface area contributed by atoms with Crippen molar-refractivity contribution in [3.8, 4) is 0 Å². The summed E-state index contributed by atoms with van der Waals surface area (Å²) >= 11 is 0. The summed E-state index contributed by atoms with van der Waals surface area (Å²) in [5, 5.41) is 14.0. The summed E-state index contributed by atoms with van der Waals surface area (Å²) in [6.45, 7) is 0.990. The molecule has 1 aliphatic carbocycles. The first kappa shape index (κ1) is 13.8. The van der Waals surface area contributed by atoms with E-state index in [0.29, 0.717) is 18.9 Å². The van der Waals surface area contributed by atoms with E-state index < -0.39 is 17.2 Å². The van der Waals surface area contributed by atoms with Crippen LogP contribution in [0.3, 0.4) is 0 Å². The summed E-state index contributed by atoms with van der Waals surface area (Å²) < 4.78 is 31.6. The molecule has 1 saturated heterocycles. The van der Waals surface area contributed by atoms with Gasteiger partial charge in [0, 0.05) is 18.4 Å². The zero-order valence-electron chi connectivity index (χ0n) is 11.2. The van der Waals surface area contributed by atoms with E-state index in [-0.39, 0.29) is 12.0 Å². The number of ether oxygens (including phenoxy) is 1. The van der Waals surface area contributed by atoms with Crippen LogP contribution in [0.15, 0.2) is 18.2 Å². The van der Waals surface area contributed by atoms with Crippen LogP contribution in [0.1, 0.15) is 25.7 Å². The molecule has 3 atom stereocenters. The highest BCUT2D eigenvalue weighted by molar-refractivity contribution is 5.45. The number of hydrogen-bond donors (Lipinski definition) is 2. The van der Waals surface area contributed by atoms with Gasteiger partial charge in [0.1, 0.15) is 5.60 Å². The minimum atomic E-state index is -0.915. The molecule has 1 saturated carbocycles. The molecule has 0 amide bonds. The molecular weight excluding hydrogens is 264 g/mol. The molecule has 3 rings (SSSR count). The lowest BCUT2D eigenvalue weighted by atomic mass is 9.70. The van der Waals surface area contributed by atoms with Crippen molar-refractivity contribution in [3.63, 3.8) is 0 Å². The Balaban J connectivity index is 1.79. The largest absolute Gasteiger partial charge is 0.385 e. The zero-order chi connectivity index (χ0) is 14.2. The van der Waals surface area contributed by atoms with E-state index in [0.717, 1.165) is 37.8 Å². The average Bonchev–Trinajstić information content (AvgIpc) is 2.43. The van der Waals surface area contributed by atoms with E-state index in [1.165, 1.54) is 6.07 Å². The zero-order valence-corrected chi connectivity index (χ0v) is 11.2. The summed E-state index contributed by atoms with van der Waals surface area (Å²) in [5.74, 6) is -1.53.